The van der Waals surface area contributed by atoms with E-state index in [9.17, 15) is 26.4 Å². The fourth-order valence-electron chi connectivity index (χ4n) is 2.97. The van der Waals surface area contributed by atoms with Crippen LogP contribution in [0.4, 0.5) is 13.2 Å². The molecule has 0 atom stereocenters. The molecule has 0 radical (unpaired) electrons. The van der Waals surface area contributed by atoms with Crippen LogP contribution in [0.1, 0.15) is 21.5 Å². The van der Waals surface area contributed by atoms with Gasteiger partial charge >= 0.3 is 6.18 Å². The zero-order valence-corrected chi connectivity index (χ0v) is 16.2. The SMILES string of the molecule is O=C(c1cccc(C(F)(F)F)c1)N1CCN(S(=O)(=O)/C=C/c2ccccc2)CC1. The van der Waals surface area contributed by atoms with Crippen LogP contribution in [0.2, 0.25) is 0 Å². The van der Waals surface area contributed by atoms with Gasteiger partial charge in [0.15, 0.2) is 0 Å². The van der Waals surface area contributed by atoms with E-state index in [1.165, 1.54) is 27.4 Å². The fraction of sp³-hybridized carbons (Fsp3) is 0.250. The standard InChI is InChI=1S/C20H19F3N2O3S/c21-20(22,23)18-8-4-7-17(15-18)19(26)24-10-12-25(13-11-24)29(27,28)14-9-16-5-2-1-3-6-16/h1-9,14-15H,10-13H2/b14-9+. The van der Waals surface area contributed by atoms with Crippen LogP contribution in [-0.4, -0.2) is 49.7 Å². The molecule has 0 spiro atoms. The fourth-order valence-corrected chi connectivity index (χ4v) is 4.15. The van der Waals surface area contributed by atoms with E-state index in [1.807, 2.05) is 6.07 Å². The zero-order chi connectivity index (χ0) is 21.1. The Morgan fingerprint density at radius 3 is 2.21 bits per heavy atom. The molecule has 154 valence electrons. The van der Waals surface area contributed by atoms with Crippen molar-refractivity contribution < 1.29 is 26.4 Å². The number of piperazine rings is 1. The Labute approximate surface area is 167 Å². The van der Waals surface area contributed by atoms with Gasteiger partial charge < -0.3 is 4.90 Å². The lowest BCUT2D eigenvalue weighted by Gasteiger charge is -2.33. The lowest BCUT2D eigenvalue weighted by molar-refractivity contribution is -0.137. The van der Waals surface area contributed by atoms with E-state index < -0.39 is 27.7 Å². The van der Waals surface area contributed by atoms with Gasteiger partial charge in [-0.2, -0.15) is 17.5 Å². The van der Waals surface area contributed by atoms with E-state index in [-0.39, 0.29) is 31.7 Å². The minimum Gasteiger partial charge on any atom is -0.336 e. The summed E-state index contributed by atoms with van der Waals surface area (Å²) in [5, 5.41) is 1.12. The number of sulfonamides is 1. The number of carbonyl (C=O) groups excluding carboxylic acids is 1. The molecule has 0 bridgehead atoms. The summed E-state index contributed by atoms with van der Waals surface area (Å²) in [6.07, 6.45) is -3.04. The van der Waals surface area contributed by atoms with Crippen molar-refractivity contribution in [3.63, 3.8) is 0 Å². The zero-order valence-electron chi connectivity index (χ0n) is 15.3. The summed E-state index contributed by atoms with van der Waals surface area (Å²) in [6.45, 7) is 0.360. The molecule has 0 aliphatic carbocycles. The number of hydrogen-bond acceptors (Lipinski definition) is 3. The van der Waals surface area contributed by atoms with Crippen LogP contribution in [0.25, 0.3) is 6.08 Å². The van der Waals surface area contributed by atoms with E-state index in [4.69, 9.17) is 0 Å². The molecule has 29 heavy (non-hydrogen) atoms. The Morgan fingerprint density at radius 1 is 0.931 bits per heavy atom. The lowest BCUT2D eigenvalue weighted by Crippen LogP contribution is -2.50. The predicted molar refractivity (Wildman–Crippen MR) is 103 cm³/mol. The van der Waals surface area contributed by atoms with Gasteiger partial charge in [-0.3, -0.25) is 4.79 Å². The van der Waals surface area contributed by atoms with Gasteiger partial charge in [0.1, 0.15) is 0 Å². The van der Waals surface area contributed by atoms with E-state index >= 15 is 0 Å². The van der Waals surface area contributed by atoms with Gasteiger partial charge in [0.2, 0.25) is 10.0 Å². The molecular formula is C20H19F3N2O3S. The Morgan fingerprint density at radius 2 is 1.59 bits per heavy atom. The average molecular weight is 424 g/mol. The molecule has 1 fully saturated rings. The summed E-state index contributed by atoms with van der Waals surface area (Å²) >= 11 is 0. The maximum atomic E-state index is 12.8. The first kappa shape index (κ1) is 21.1. The molecule has 1 saturated heterocycles. The summed E-state index contributed by atoms with van der Waals surface area (Å²) in [5.41, 5.74) is -0.217. The van der Waals surface area contributed by atoms with Crippen LogP contribution < -0.4 is 0 Å². The summed E-state index contributed by atoms with van der Waals surface area (Å²) in [7, 11) is -3.66. The molecular weight excluding hydrogens is 405 g/mol. The normalized spacial score (nSPS) is 16.3. The monoisotopic (exact) mass is 424 g/mol. The molecule has 0 aromatic heterocycles. The summed E-state index contributed by atoms with van der Waals surface area (Å²) in [5.74, 6) is -0.548. The second-order valence-electron chi connectivity index (χ2n) is 6.53. The van der Waals surface area contributed by atoms with Gasteiger partial charge in [-0.1, -0.05) is 36.4 Å². The van der Waals surface area contributed by atoms with Crippen LogP contribution in [0.15, 0.2) is 60.0 Å². The molecule has 2 aromatic carbocycles. The molecule has 1 amide bonds. The highest BCUT2D eigenvalue weighted by atomic mass is 32.2. The Bertz CT molecular complexity index is 997. The highest BCUT2D eigenvalue weighted by Gasteiger charge is 2.32. The van der Waals surface area contributed by atoms with Crippen molar-refractivity contribution in [3.05, 3.63) is 76.7 Å². The molecule has 2 aromatic rings. The van der Waals surface area contributed by atoms with Crippen molar-refractivity contribution in [2.45, 2.75) is 6.18 Å². The Balaban J connectivity index is 1.64. The number of alkyl halides is 3. The first-order valence-corrected chi connectivity index (χ1v) is 10.4. The van der Waals surface area contributed by atoms with Gasteiger partial charge in [0.25, 0.3) is 5.91 Å². The van der Waals surface area contributed by atoms with E-state index in [0.717, 1.165) is 23.1 Å². The Kier molecular flexibility index (Phi) is 6.09. The maximum Gasteiger partial charge on any atom is 0.416 e. The summed E-state index contributed by atoms with van der Waals surface area (Å²) in [4.78, 5) is 13.9. The molecule has 9 heteroatoms. The molecule has 3 rings (SSSR count). The Hall–Kier alpha value is -2.65. The smallest absolute Gasteiger partial charge is 0.336 e. The third-order valence-corrected chi connectivity index (χ3v) is 6.12. The lowest BCUT2D eigenvalue weighted by atomic mass is 10.1. The van der Waals surface area contributed by atoms with Crippen molar-refractivity contribution in [2.75, 3.05) is 26.2 Å². The van der Waals surface area contributed by atoms with Crippen molar-refractivity contribution >= 4 is 22.0 Å². The maximum absolute atomic E-state index is 12.8. The number of benzene rings is 2. The van der Waals surface area contributed by atoms with Crippen LogP contribution in [0, 0.1) is 0 Å². The second-order valence-corrected chi connectivity index (χ2v) is 8.35. The largest absolute Gasteiger partial charge is 0.416 e. The van der Waals surface area contributed by atoms with Crippen molar-refractivity contribution in [3.8, 4) is 0 Å². The first-order valence-electron chi connectivity index (χ1n) is 8.87. The van der Waals surface area contributed by atoms with Gasteiger partial charge in [-0.05, 0) is 29.8 Å². The first-order chi connectivity index (χ1) is 13.7. The highest BCUT2D eigenvalue weighted by Crippen LogP contribution is 2.29. The third-order valence-electron chi connectivity index (χ3n) is 4.55. The molecule has 5 nitrogen and oxygen atoms in total. The number of rotatable bonds is 4. The number of amides is 1. The average Bonchev–Trinajstić information content (AvgIpc) is 2.72. The molecule has 1 aliphatic rings. The van der Waals surface area contributed by atoms with Crippen molar-refractivity contribution in [1.29, 1.82) is 0 Å². The summed E-state index contributed by atoms with van der Waals surface area (Å²) < 4.78 is 64.7. The minimum atomic E-state index is -4.53. The van der Waals surface area contributed by atoms with Crippen LogP contribution in [0.5, 0.6) is 0 Å². The summed E-state index contributed by atoms with van der Waals surface area (Å²) in [6, 6.07) is 13.2. The van der Waals surface area contributed by atoms with E-state index in [1.54, 1.807) is 24.3 Å². The quantitative estimate of drug-likeness (QED) is 0.755. The van der Waals surface area contributed by atoms with E-state index in [0.29, 0.717) is 0 Å². The number of nitrogens with zero attached hydrogens (tertiary/aromatic N) is 2. The van der Waals surface area contributed by atoms with Crippen molar-refractivity contribution in [2.24, 2.45) is 0 Å². The molecule has 0 unspecified atom stereocenters. The molecule has 1 aliphatic heterocycles. The highest BCUT2D eigenvalue weighted by molar-refractivity contribution is 7.92. The molecule has 0 saturated carbocycles. The van der Waals surface area contributed by atoms with Crippen LogP contribution in [-0.2, 0) is 16.2 Å². The van der Waals surface area contributed by atoms with Crippen LogP contribution >= 0.6 is 0 Å². The van der Waals surface area contributed by atoms with Gasteiger partial charge in [-0.25, -0.2) is 8.42 Å². The third kappa shape index (κ3) is 5.24. The van der Waals surface area contributed by atoms with Crippen LogP contribution in [0.3, 0.4) is 0 Å². The van der Waals surface area contributed by atoms with Gasteiger partial charge in [0.05, 0.1) is 5.56 Å². The van der Waals surface area contributed by atoms with Gasteiger partial charge in [0, 0.05) is 37.2 Å². The topological polar surface area (TPSA) is 57.7 Å². The number of carbonyl (C=O) groups is 1. The van der Waals surface area contributed by atoms with Gasteiger partial charge in [-0.15, -0.1) is 0 Å². The number of hydrogen-bond donors (Lipinski definition) is 0. The second kappa shape index (κ2) is 8.38. The molecule has 1 heterocycles. The number of halogens is 3. The minimum absolute atomic E-state index is 0.0693. The van der Waals surface area contributed by atoms with E-state index in [2.05, 4.69) is 0 Å². The van der Waals surface area contributed by atoms with Crippen molar-refractivity contribution in [1.82, 2.24) is 9.21 Å². The predicted octanol–water partition coefficient (Wildman–Crippen LogP) is 3.46. The molecule has 0 N–H and O–H groups in total.